The van der Waals surface area contributed by atoms with Gasteiger partial charge in [0.25, 0.3) is 0 Å². The molecular weight excluding hydrogens is 302 g/mol. The van der Waals surface area contributed by atoms with E-state index in [4.69, 9.17) is 0 Å². The van der Waals surface area contributed by atoms with E-state index in [9.17, 15) is 22.0 Å². The van der Waals surface area contributed by atoms with E-state index in [1.54, 1.807) is 0 Å². The fourth-order valence-electron chi connectivity index (χ4n) is 1.39. The molecule has 2 amide bonds. The minimum absolute atomic E-state index is 0.0852. The number of carbonyl (C=O) groups excluding carboxylic acids is 1. The largest absolute Gasteiger partial charge is 0.341 e. The lowest BCUT2D eigenvalue weighted by Gasteiger charge is -2.18. The van der Waals surface area contributed by atoms with Crippen LogP contribution < -0.4 is 10.6 Å². The Labute approximate surface area is 122 Å². The number of nitrogens with one attached hydrogen (secondary N) is 2. The van der Waals surface area contributed by atoms with Crippen LogP contribution in [0.5, 0.6) is 0 Å². The monoisotopic (exact) mass is 320 g/mol. The Bertz CT molecular complexity index is 603. The number of urea groups is 1. The van der Waals surface area contributed by atoms with Crippen LogP contribution in [-0.2, 0) is 9.84 Å². The number of carbonyl (C=O) groups is 1. The molecule has 0 bridgehead atoms. The summed E-state index contributed by atoms with van der Waals surface area (Å²) in [5.41, 5.74) is 0.130. The van der Waals surface area contributed by atoms with Gasteiger partial charge in [0.15, 0.2) is 0 Å². The molecule has 0 heterocycles. The average molecular weight is 320 g/mol. The molecule has 0 aromatic heterocycles. The van der Waals surface area contributed by atoms with Gasteiger partial charge in [-0.3, -0.25) is 0 Å². The predicted octanol–water partition coefficient (Wildman–Crippen LogP) is 2.85. The summed E-state index contributed by atoms with van der Waals surface area (Å²) in [4.78, 5) is 11.2. The van der Waals surface area contributed by atoms with Crippen molar-refractivity contribution in [2.24, 2.45) is 5.92 Å². The van der Waals surface area contributed by atoms with Crippen LogP contribution in [0.2, 0.25) is 0 Å². The maximum absolute atomic E-state index is 12.5. The van der Waals surface area contributed by atoms with Crippen molar-refractivity contribution in [3.63, 3.8) is 0 Å². The number of rotatable bonds is 5. The van der Waals surface area contributed by atoms with Gasteiger partial charge in [0.1, 0.15) is 0 Å². The van der Waals surface area contributed by atoms with Crippen LogP contribution in [0, 0.1) is 5.92 Å². The second-order valence-corrected chi connectivity index (χ2v) is 6.88. The second kappa shape index (κ2) is 6.84. The van der Waals surface area contributed by atoms with Crippen LogP contribution in [0.1, 0.15) is 20.8 Å². The number of halogens is 2. The highest BCUT2D eigenvalue weighted by molar-refractivity contribution is 7.91. The molecule has 1 rings (SSSR count). The maximum Gasteiger partial charge on any atom is 0.341 e. The number of hydrogen-bond acceptors (Lipinski definition) is 3. The van der Waals surface area contributed by atoms with Crippen LogP contribution in [0.3, 0.4) is 0 Å². The number of amides is 2. The molecule has 0 saturated carbocycles. The zero-order chi connectivity index (χ0) is 16.2. The summed E-state index contributed by atoms with van der Waals surface area (Å²) in [6.45, 7) is 5.68. The summed E-state index contributed by atoms with van der Waals surface area (Å²) in [6.07, 6.45) is 0. The number of anilines is 1. The Balaban J connectivity index is 2.85. The van der Waals surface area contributed by atoms with Gasteiger partial charge >= 0.3 is 11.8 Å². The van der Waals surface area contributed by atoms with E-state index in [0.29, 0.717) is 0 Å². The number of alkyl halides is 2. The summed E-state index contributed by atoms with van der Waals surface area (Å²) in [5, 5.41) is 5.08. The predicted molar refractivity (Wildman–Crippen MR) is 76.1 cm³/mol. The molecule has 1 aromatic rings. The van der Waals surface area contributed by atoms with Crippen molar-refractivity contribution in [1.29, 1.82) is 0 Å². The van der Waals surface area contributed by atoms with Gasteiger partial charge in [0.2, 0.25) is 9.84 Å². The van der Waals surface area contributed by atoms with Gasteiger partial charge in [-0.25, -0.2) is 13.2 Å². The lowest BCUT2D eigenvalue weighted by Crippen LogP contribution is -2.39. The van der Waals surface area contributed by atoms with Crippen molar-refractivity contribution in [2.75, 3.05) is 5.32 Å². The molecule has 1 aromatic carbocycles. The topological polar surface area (TPSA) is 75.3 Å². The van der Waals surface area contributed by atoms with Crippen molar-refractivity contribution in [3.8, 4) is 0 Å². The molecule has 0 spiro atoms. The highest BCUT2D eigenvalue weighted by atomic mass is 32.2. The van der Waals surface area contributed by atoms with Crippen LogP contribution in [0.4, 0.5) is 19.3 Å². The first-order valence-electron chi connectivity index (χ1n) is 6.34. The second-order valence-electron chi connectivity index (χ2n) is 4.96. The molecule has 8 heteroatoms. The fraction of sp³-hybridized carbons (Fsp3) is 0.462. The highest BCUT2D eigenvalue weighted by Gasteiger charge is 2.26. The van der Waals surface area contributed by atoms with E-state index in [1.165, 1.54) is 12.1 Å². The van der Waals surface area contributed by atoms with Gasteiger partial charge in [-0.1, -0.05) is 19.9 Å². The minimum Gasteiger partial charge on any atom is -0.335 e. The molecule has 0 fully saturated rings. The summed E-state index contributed by atoms with van der Waals surface area (Å²) in [7, 11) is -4.68. The van der Waals surface area contributed by atoms with Crippen LogP contribution >= 0.6 is 0 Å². The van der Waals surface area contributed by atoms with Gasteiger partial charge in [-0.15, -0.1) is 0 Å². The Morgan fingerprint density at radius 3 is 2.33 bits per heavy atom. The third-order valence-corrected chi connectivity index (χ3v) is 4.39. The summed E-state index contributed by atoms with van der Waals surface area (Å²) >= 11 is 0. The molecule has 1 atom stereocenters. The van der Waals surface area contributed by atoms with Crippen LogP contribution in [0.15, 0.2) is 29.2 Å². The normalized spacial score (nSPS) is 13.3. The standard InChI is InChI=1S/C13H18F2N2O3S/c1-8(2)9(3)16-13(18)17-10-5-4-6-11(7-10)21(19,20)12(14)15/h4-9,12H,1-3H3,(H2,16,17,18). The molecule has 118 valence electrons. The Morgan fingerprint density at radius 1 is 1.19 bits per heavy atom. The van der Waals surface area contributed by atoms with E-state index >= 15 is 0 Å². The molecule has 1 unspecified atom stereocenters. The minimum atomic E-state index is -4.68. The molecule has 0 aliphatic heterocycles. The van der Waals surface area contributed by atoms with Crippen molar-refractivity contribution in [3.05, 3.63) is 24.3 Å². The van der Waals surface area contributed by atoms with Crippen molar-refractivity contribution >= 4 is 21.6 Å². The summed E-state index contributed by atoms with van der Waals surface area (Å²) in [5.74, 6) is -3.27. The van der Waals surface area contributed by atoms with Crippen molar-refractivity contribution < 1.29 is 22.0 Å². The number of hydrogen-bond donors (Lipinski definition) is 2. The Kier molecular flexibility index (Phi) is 5.65. The van der Waals surface area contributed by atoms with Crippen LogP contribution in [-0.4, -0.2) is 26.2 Å². The zero-order valence-electron chi connectivity index (χ0n) is 11.9. The van der Waals surface area contributed by atoms with E-state index < -0.39 is 26.5 Å². The SMILES string of the molecule is CC(C)C(C)NC(=O)Nc1cccc(S(=O)(=O)C(F)F)c1. The highest BCUT2D eigenvalue weighted by Crippen LogP contribution is 2.21. The van der Waals surface area contributed by atoms with E-state index in [2.05, 4.69) is 10.6 Å². The molecule has 0 aliphatic rings. The van der Waals surface area contributed by atoms with Gasteiger partial charge in [0.05, 0.1) is 4.90 Å². The first-order chi connectivity index (χ1) is 9.64. The van der Waals surface area contributed by atoms with E-state index in [1.807, 2.05) is 20.8 Å². The molecule has 2 N–H and O–H groups in total. The third kappa shape index (κ3) is 4.66. The van der Waals surface area contributed by atoms with Gasteiger partial charge in [-0.05, 0) is 31.0 Å². The Morgan fingerprint density at radius 2 is 1.81 bits per heavy atom. The zero-order valence-corrected chi connectivity index (χ0v) is 12.7. The summed E-state index contributed by atoms with van der Waals surface area (Å²) < 4.78 is 47.6. The van der Waals surface area contributed by atoms with E-state index in [-0.39, 0.29) is 17.6 Å². The molecular formula is C13H18F2N2O3S. The Hall–Kier alpha value is -1.70. The number of benzene rings is 1. The molecule has 0 saturated heterocycles. The lowest BCUT2D eigenvalue weighted by molar-refractivity contribution is 0.235. The van der Waals surface area contributed by atoms with Gasteiger partial charge in [-0.2, -0.15) is 8.78 Å². The first kappa shape index (κ1) is 17.4. The van der Waals surface area contributed by atoms with Gasteiger partial charge in [0, 0.05) is 11.7 Å². The third-order valence-electron chi connectivity index (χ3n) is 3.01. The van der Waals surface area contributed by atoms with Crippen LogP contribution in [0.25, 0.3) is 0 Å². The fourth-order valence-corrected chi connectivity index (χ4v) is 2.16. The van der Waals surface area contributed by atoms with Gasteiger partial charge < -0.3 is 10.6 Å². The smallest absolute Gasteiger partial charge is 0.335 e. The average Bonchev–Trinajstić information content (AvgIpc) is 2.38. The maximum atomic E-state index is 12.5. The quantitative estimate of drug-likeness (QED) is 0.876. The van der Waals surface area contributed by atoms with E-state index in [0.717, 1.165) is 12.1 Å². The van der Waals surface area contributed by atoms with Crippen molar-refractivity contribution in [2.45, 2.75) is 37.5 Å². The molecule has 0 aliphatic carbocycles. The number of sulfone groups is 1. The molecule has 5 nitrogen and oxygen atoms in total. The van der Waals surface area contributed by atoms with Crippen molar-refractivity contribution in [1.82, 2.24) is 5.32 Å². The summed E-state index contributed by atoms with van der Waals surface area (Å²) in [6, 6.07) is 4.16. The molecule has 0 radical (unpaired) electrons. The molecule has 21 heavy (non-hydrogen) atoms. The first-order valence-corrected chi connectivity index (χ1v) is 7.89. The lowest BCUT2D eigenvalue weighted by atomic mass is 10.1.